The van der Waals surface area contributed by atoms with E-state index in [0.717, 1.165) is 0 Å². The minimum absolute atomic E-state index is 0.341. The predicted octanol–water partition coefficient (Wildman–Crippen LogP) is 4.39. The maximum atomic E-state index is 12.8. The van der Waals surface area contributed by atoms with Crippen molar-refractivity contribution in [2.75, 3.05) is 0 Å². The van der Waals surface area contributed by atoms with E-state index in [0.29, 0.717) is 10.5 Å². The molecule has 0 spiro atoms. The molecule has 0 amide bonds. The van der Waals surface area contributed by atoms with E-state index < -0.39 is 14.4 Å². The summed E-state index contributed by atoms with van der Waals surface area (Å²) >= 11 is 4.15. The van der Waals surface area contributed by atoms with Crippen molar-refractivity contribution in [3.8, 4) is 0 Å². The van der Waals surface area contributed by atoms with Crippen LogP contribution in [0.1, 0.15) is 5.56 Å². The molecule has 0 fully saturated rings. The van der Waals surface area contributed by atoms with Crippen LogP contribution in [0.3, 0.4) is 0 Å². The van der Waals surface area contributed by atoms with Gasteiger partial charge in [-0.05, 0) is 31.8 Å². The summed E-state index contributed by atoms with van der Waals surface area (Å²) in [6.45, 7) is 5.57. The van der Waals surface area contributed by atoms with Crippen molar-refractivity contribution in [3.05, 3.63) is 35.9 Å². The molecule has 16 heavy (non-hydrogen) atoms. The summed E-state index contributed by atoms with van der Waals surface area (Å²) in [5.74, 6) is -0.343. The van der Waals surface area contributed by atoms with Crippen molar-refractivity contribution in [1.29, 1.82) is 0 Å². The summed E-state index contributed by atoms with van der Waals surface area (Å²) in [4.78, 5) is 0.489. The third kappa shape index (κ3) is 3.64. The Balaban J connectivity index is 3.16. The van der Waals surface area contributed by atoms with Gasteiger partial charge in [-0.2, -0.15) is 8.78 Å². The zero-order valence-corrected chi connectivity index (χ0v) is 11.3. The zero-order valence-electron chi connectivity index (χ0n) is 9.42. The van der Waals surface area contributed by atoms with Crippen LogP contribution in [-0.4, -0.2) is 8.32 Å². The fraction of sp³-hybridized carbons (Fsp3) is 0.273. The van der Waals surface area contributed by atoms with Crippen LogP contribution in [0.4, 0.5) is 8.78 Å². The molecule has 1 aromatic carbocycles. The lowest BCUT2D eigenvalue weighted by Gasteiger charge is -2.21. The van der Waals surface area contributed by atoms with Gasteiger partial charge >= 0.3 is 6.08 Å². The van der Waals surface area contributed by atoms with Gasteiger partial charge in [-0.1, -0.05) is 12.1 Å². The van der Waals surface area contributed by atoms with E-state index in [2.05, 4.69) is 12.6 Å². The largest absolute Gasteiger partial charge is 0.540 e. The molecule has 0 saturated heterocycles. The Morgan fingerprint density at radius 3 is 2.19 bits per heavy atom. The van der Waals surface area contributed by atoms with Gasteiger partial charge in [0.15, 0.2) is 5.76 Å². The first-order chi connectivity index (χ1) is 7.31. The Hall–Kier alpha value is -0.813. The summed E-state index contributed by atoms with van der Waals surface area (Å²) in [6, 6.07) is 6.67. The molecule has 0 radical (unpaired) electrons. The molecule has 0 aliphatic carbocycles. The van der Waals surface area contributed by atoms with Crippen molar-refractivity contribution < 1.29 is 13.2 Å². The van der Waals surface area contributed by atoms with E-state index in [1.165, 1.54) is 0 Å². The standard InChI is InChI=1S/C11H14F2OSSi/c1-16(2,3)14-10(11(12)13)8-6-4-5-7-9(8)15/h4-7,15H,1-3H3. The number of thiol groups is 1. The highest BCUT2D eigenvalue weighted by molar-refractivity contribution is 7.80. The molecule has 1 nitrogen and oxygen atoms in total. The Kier molecular flexibility index (Phi) is 4.15. The van der Waals surface area contributed by atoms with Crippen molar-refractivity contribution in [2.24, 2.45) is 0 Å². The fourth-order valence-electron chi connectivity index (χ4n) is 1.17. The second kappa shape index (κ2) is 5.01. The van der Waals surface area contributed by atoms with Gasteiger partial charge < -0.3 is 4.43 Å². The minimum atomic E-state index is -2.06. The first-order valence-electron chi connectivity index (χ1n) is 4.84. The molecule has 0 aliphatic rings. The van der Waals surface area contributed by atoms with Crippen LogP contribution >= 0.6 is 12.6 Å². The lowest BCUT2D eigenvalue weighted by atomic mass is 10.2. The van der Waals surface area contributed by atoms with E-state index in [-0.39, 0.29) is 5.76 Å². The first kappa shape index (κ1) is 13.3. The van der Waals surface area contributed by atoms with Crippen LogP contribution in [0.2, 0.25) is 19.6 Å². The lowest BCUT2D eigenvalue weighted by molar-refractivity contribution is 0.383. The second-order valence-electron chi connectivity index (χ2n) is 4.32. The van der Waals surface area contributed by atoms with Crippen molar-refractivity contribution in [3.63, 3.8) is 0 Å². The molecular weight excluding hydrogens is 246 g/mol. The van der Waals surface area contributed by atoms with Crippen LogP contribution < -0.4 is 0 Å². The van der Waals surface area contributed by atoms with E-state index in [4.69, 9.17) is 4.43 Å². The number of benzene rings is 1. The van der Waals surface area contributed by atoms with Gasteiger partial charge in [-0.3, -0.25) is 0 Å². The van der Waals surface area contributed by atoms with E-state index in [1.807, 2.05) is 19.6 Å². The highest BCUT2D eigenvalue weighted by Gasteiger charge is 2.23. The summed E-state index contributed by atoms with van der Waals surface area (Å²) in [7, 11) is -2.06. The van der Waals surface area contributed by atoms with Gasteiger partial charge in [0.25, 0.3) is 0 Å². The maximum absolute atomic E-state index is 12.8. The summed E-state index contributed by atoms with van der Waals surface area (Å²) in [5, 5.41) is 0. The minimum Gasteiger partial charge on any atom is -0.540 e. The number of hydrogen-bond donors (Lipinski definition) is 1. The van der Waals surface area contributed by atoms with Crippen LogP contribution in [0, 0.1) is 0 Å². The third-order valence-electron chi connectivity index (χ3n) is 1.73. The molecule has 1 rings (SSSR count). The van der Waals surface area contributed by atoms with E-state index in [1.54, 1.807) is 24.3 Å². The van der Waals surface area contributed by atoms with Gasteiger partial charge in [0.05, 0.1) is 0 Å². The molecule has 0 aromatic heterocycles. The lowest BCUT2D eigenvalue weighted by Crippen LogP contribution is -2.24. The van der Waals surface area contributed by atoms with Crippen LogP contribution in [0.25, 0.3) is 5.76 Å². The number of rotatable bonds is 3. The molecule has 0 saturated carbocycles. The molecule has 0 unspecified atom stereocenters. The molecule has 0 atom stereocenters. The molecule has 0 heterocycles. The smallest absolute Gasteiger partial charge is 0.311 e. The van der Waals surface area contributed by atoms with Crippen molar-refractivity contribution >= 4 is 26.7 Å². The summed E-state index contributed by atoms with van der Waals surface area (Å²) < 4.78 is 31.1. The molecule has 0 N–H and O–H groups in total. The second-order valence-corrected chi connectivity index (χ2v) is 9.23. The zero-order chi connectivity index (χ0) is 12.3. The highest BCUT2D eigenvalue weighted by atomic mass is 32.1. The average Bonchev–Trinajstić information content (AvgIpc) is 2.13. The average molecular weight is 260 g/mol. The summed E-state index contributed by atoms with van der Waals surface area (Å²) in [6.07, 6.45) is -1.80. The Bertz CT molecular complexity index is 409. The number of hydrogen-bond acceptors (Lipinski definition) is 2. The van der Waals surface area contributed by atoms with Crippen LogP contribution in [-0.2, 0) is 4.43 Å². The highest BCUT2D eigenvalue weighted by Crippen LogP contribution is 2.29. The van der Waals surface area contributed by atoms with Gasteiger partial charge in [-0.25, -0.2) is 0 Å². The van der Waals surface area contributed by atoms with Crippen LogP contribution in [0.15, 0.2) is 35.2 Å². The maximum Gasteiger partial charge on any atom is 0.311 e. The molecule has 0 aliphatic heterocycles. The van der Waals surface area contributed by atoms with E-state index in [9.17, 15) is 8.78 Å². The van der Waals surface area contributed by atoms with Gasteiger partial charge in [0, 0.05) is 10.5 Å². The topological polar surface area (TPSA) is 9.23 Å². The van der Waals surface area contributed by atoms with Crippen molar-refractivity contribution in [1.82, 2.24) is 0 Å². The Morgan fingerprint density at radius 2 is 1.75 bits per heavy atom. The Labute approximate surface area is 101 Å². The normalized spacial score (nSPS) is 11.1. The molecule has 0 bridgehead atoms. The van der Waals surface area contributed by atoms with Gasteiger partial charge in [-0.15, -0.1) is 12.6 Å². The monoisotopic (exact) mass is 260 g/mol. The van der Waals surface area contributed by atoms with E-state index >= 15 is 0 Å². The summed E-state index contributed by atoms with van der Waals surface area (Å²) in [5.41, 5.74) is 0.341. The number of halogens is 2. The first-order valence-corrected chi connectivity index (χ1v) is 8.69. The predicted molar refractivity (Wildman–Crippen MR) is 67.3 cm³/mol. The molecule has 88 valence electrons. The molecule has 5 heteroatoms. The molecule has 1 aromatic rings. The van der Waals surface area contributed by atoms with Gasteiger partial charge in [0.2, 0.25) is 8.32 Å². The Morgan fingerprint density at radius 1 is 1.19 bits per heavy atom. The third-order valence-corrected chi connectivity index (χ3v) is 2.94. The fourth-order valence-corrected chi connectivity index (χ4v) is 2.23. The molecular formula is C11H14F2OSSi. The van der Waals surface area contributed by atoms with Crippen LogP contribution in [0.5, 0.6) is 0 Å². The SMILES string of the molecule is C[Si](C)(C)OC(=C(F)F)c1ccccc1S. The van der Waals surface area contributed by atoms with Crippen molar-refractivity contribution in [2.45, 2.75) is 24.5 Å². The van der Waals surface area contributed by atoms with Gasteiger partial charge in [0.1, 0.15) is 0 Å². The quantitative estimate of drug-likeness (QED) is 0.482.